The van der Waals surface area contributed by atoms with Crippen molar-refractivity contribution in [2.45, 2.75) is 12.1 Å². The normalized spacial score (nSPS) is 32.0. The summed E-state index contributed by atoms with van der Waals surface area (Å²) < 4.78 is 5.53. The van der Waals surface area contributed by atoms with E-state index in [1.54, 1.807) is 4.90 Å². The molecule has 3 fully saturated rings. The van der Waals surface area contributed by atoms with Gasteiger partial charge in [-0.15, -0.1) is 0 Å². The molecule has 3 rings (SSSR count). The first kappa shape index (κ1) is 11.3. The summed E-state index contributed by atoms with van der Waals surface area (Å²) in [6.45, 7) is 7.67. The van der Waals surface area contributed by atoms with Gasteiger partial charge in [-0.1, -0.05) is 0 Å². The second-order valence-corrected chi connectivity index (χ2v) is 5.16. The Hall–Kier alpha value is -0.850. The minimum Gasteiger partial charge on any atom is -0.378 e. The second kappa shape index (κ2) is 4.44. The number of piperazine rings is 1. The first-order valence-corrected chi connectivity index (χ1v) is 6.34. The molecule has 6 nitrogen and oxygen atoms in total. The van der Waals surface area contributed by atoms with Crippen LogP contribution in [0, 0.1) is 0 Å². The van der Waals surface area contributed by atoms with Crippen molar-refractivity contribution in [2.75, 3.05) is 52.5 Å². The van der Waals surface area contributed by atoms with Gasteiger partial charge in [0.1, 0.15) is 0 Å². The molecule has 2 amide bonds. The number of ether oxygens (including phenoxy) is 1. The number of nitrogens with two attached hydrogens (primary N) is 1. The highest BCUT2D eigenvalue weighted by molar-refractivity contribution is 5.73. The minimum absolute atomic E-state index is 0.291. The number of urea groups is 1. The van der Waals surface area contributed by atoms with E-state index in [1.807, 2.05) is 0 Å². The number of likely N-dealkylation sites (tertiary alicyclic amines) is 1. The number of rotatable bonds is 1. The molecular weight excluding hydrogens is 220 g/mol. The molecular formula is C11H20N4O2. The molecule has 0 aromatic carbocycles. The molecule has 0 bridgehead atoms. The molecule has 0 aliphatic carbocycles. The molecule has 17 heavy (non-hydrogen) atoms. The molecule has 6 heteroatoms. The summed E-state index contributed by atoms with van der Waals surface area (Å²) in [5, 5.41) is 0. The predicted molar refractivity (Wildman–Crippen MR) is 62.7 cm³/mol. The third-order valence-electron chi connectivity index (χ3n) is 4.16. The lowest BCUT2D eigenvalue weighted by atomic mass is 10.0. The van der Waals surface area contributed by atoms with Gasteiger partial charge in [0.25, 0.3) is 0 Å². The van der Waals surface area contributed by atoms with E-state index in [4.69, 9.17) is 10.5 Å². The zero-order valence-corrected chi connectivity index (χ0v) is 10.0. The lowest BCUT2D eigenvalue weighted by molar-refractivity contribution is -0.0664. The fourth-order valence-corrected chi connectivity index (χ4v) is 2.97. The van der Waals surface area contributed by atoms with Crippen LogP contribution in [0.5, 0.6) is 0 Å². The fraction of sp³-hybridized carbons (Fsp3) is 0.909. The Morgan fingerprint density at radius 3 is 2.59 bits per heavy atom. The maximum Gasteiger partial charge on any atom is 0.314 e. The SMILES string of the molecule is NC(=O)N1CC(N2CCN3CCOC[C@@H]3C2)C1. The van der Waals surface area contributed by atoms with Crippen molar-refractivity contribution in [3.05, 3.63) is 0 Å². The highest BCUT2D eigenvalue weighted by atomic mass is 16.5. The first-order valence-electron chi connectivity index (χ1n) is 6.34. The van der Waals surface area contributed by atoms with Crippen molar-refractivity contribution in [1.82, 2.24) is 14.7 Å². The number of carbonyl (C=O) groups excluding carboxylic acids is 1. The van der Waals surface area contributed by atoms with E-state index in [0.717, 1.165) is 52.5 Å². The maximum absolute atomic E-state index is 10.9. The van der Waals surface area contributed by atoms with E-state index in [1.165, 1.54) is 0 Å². The topological polar surface area (TPSA) is 62.0 Å². The summed E-state index contributed by atoms with van der Waals surface area (Å²) in [6, 6.07) is 0.757. The van der Waals surface area contributed by atoms with Gasteiger partial charge in [0.05, 0.1) is 13.2 Å². The minimum atomic E-state index is -0.291. The van der Waals surface area contributed by atoms with E-state index < -0.39 is 0 Å². The third-order valence-corrected chi connectivity index (χ3v) is 4.16. The first-order chi connectivity index (χ1) is 8.24. The number of carbonyl (C=O) groups is 1. The van der Waals surface area contributed by atoms with Crippen LogP contribution in [-0.2, 0) is 4.74 Å². The molecule has 0 aromatic heterocycles. The lowest BCUT2D eigenvalue weighted by Crippen LogP contribution is -2.67. The van der Waals surface area contributed by atoms with E-state index in [-0.39, 0.29) is 6.03 Å². The summed E-state index contributed by atoms with van der Waals surface area (Å²) in [7, 11) is 0. The van der Waals surface area contributed by atoms with Gasteiger partial charge in [0.2, 0.25) is 0 Å². The molecule has 3 saturated heterocycles. The van der Waals surface area contributed by atoms with Crippen LogP contribution in [0.2, 0.25) is 0 Å². The van der Waals surface area contributed by atoms with Crippen molar-refractivity contribution in [3.63, 3.8) is 0 Å². The number of hydrogen-bond donors (Lipinski definition) is 1. The number of nitrogens with zero attached hydrogens (tertiary/aromatic N) is 3. The average Bonchev–Trinajstić information content (AvgIpc) is 2.26. The predicted octanol–water partition coefficient (Wildman–Crippen LogP) is -1.23. The van der Waals surface area contributed by atoms with E-state index in [0.29, 0.717) is 12.1 Å². The Bertz CT molecular complexity index is 306. The molecule has 3 heterocycles. The lowest BCUT2D eigenvalue weighted by Gasteiger charge is -2.50. The fourth-order valence-electron chi connectivity index (χ4n) is 2.97. The summed E-state index contributed by atoms with van der Waals surface area (Å²) >= 11 is 0. The van der Waals surface area contributed by atoms with Crippen molar-refractivity contribution >= 4 is 6.03 Å². The summed E-state index contributed by atoms with van der Waals surface area (Å²) in [5.74, 6) is 0. The standard InChI is InChI=1S/C11H20N4O2/c12-11(16)15-5-9(6-15)14-2-1-13-3-4-17-8-10(13)7-14/h9-10H,1-8H2,(H2,12,16)/t10-/m0/s1. The number of fused-ring (bicyclic) bond motifs is 1. The molecule has 0 aromatic rings. The van der Waals surface area contributed by atoms with E-state index in [9.17, 15) is 4.79 Å². The largest absolute Gasteiger partial charge is 0.378 e. The Balaban J connectivity index is 1.51. The van der Waals surface area contributed by atoms with Crippen LogP contribution in [0.15, 0.2) is 0 Å². The highest BCUT2D eigenvalue weighted by Crippen LogP contribution is 2.20. The van der Waals surface area contributed by atoms with Crippen LogP contribution >= 0.6 is 0 Å². The van der Waals surface area contributed by atoms with Crippen molar-refractivity contribution in [3.8, 4) is 0 Å². The van der Waals surface area contributed by atoms with Gasteiger partial charge in [0, 0.05) is 51.4 Å². The van der Waals surface area contributed by atoms with Crippen LogP contribution < -0.4 is 5.73 Å². The van der Waals surface area contributed by atoms with Gasteiger partial charge in [-0.05, 0) is 0 Å². The number of amides is 2. The third kappa shape index (κ3) is 2.12. The monoisotopic (exact) mass is 240 g/mol. The summed E-state index contributed by atoms with van der Waals surface area (Å²) in [4.78, 5) is 17.6. The molecule has 0 radical (unpaired) electrons. The highest BCUT2D eigenvalue weighted by Gasteiger charge is 2.38. The van der Waals surface area contributed by atoms with Gasteiger partial charge in [-0.3, -0.25) is 9.80 Å². The number of morpholine rings is 1. The molecule has 0 unspecified atom stereocenters. The Morgan fingerprint density at radius 2 is 1.82 bits per heavy atom. The van der Waals surface area contributed by atoms with E-state index in [2.05, 4.69) is 9.80 Å². The Labute approximate surface area is 101 Å². The zero-order valence-electron chi connectivity index (χ0n) is 10.0. The van der Waals surface area contributed by atoms with Crippen molar-refractivity contribution < 1.29 is 9.53 Å². The molecule has 3 aliphatic heterocycles. The van der Waals surface area contributed by atoms with Gasteiger partial charge in [-0.25, -0.2) is 4.79 Å². The Kier molecular flexibility index (Phi) is 2.94. The van der Waals surface area contributed by atoms with E-state index >= 15 is 0 Å². The van der Waals surface area contributed by atoms with Gasteiger partial charge in [0.15, 0.2) is 0 Å². The van der Waals surface area contributed by atoms with Gasteiger partial charge < -0.3 is 15.4 Å². The van der Waals surface area contributed by atoms with Crippen LogP contribution in [-0.4, -0.2) is 85.3 Å². The number of hydrogen-bond acceptors (Lipinski definition) is 4. The van der Waals surface area contributed by atoms with Gasteiger partial charge >= 0.3 is 6.03 Å². The Morgan fingerprint density at radius 1 is 1.06 bits per heavy atom. The molecule has 2 N–H and O–H groups in total. The number of primary amides is 1. The van der Waals surface area contributed by atoms with Crippen LogP contribution in [0.25, 0.3) is 0 Å². The molecule has 0 spiro atoms. The smallest absolute Gasteiger partial charge is 0.314 e. The summed E-state index contributed by atoms with van der Waals surface area (Å²) in [6.07, 6.45) is 0. The van der Waals surface area contributed by atoms with Crippen LogP contribution in [0.4, 0.5) is 4.79 Å². The maximum atomic E-state index is 10.9. The van der Waals surface area contributed by atoms with Crippen molar-refractivity contribution in [2.24, 2.45) is 5.73 Å². The van der Waals surface area contributed by atoms with Crippen LogP contribution in [0.1, 0.15) is 0 Å². The average molecular weight is 240 g/mol. The quantitative estimate of drug-likeness (QED) is 0.623. The molecule has 0 saturated carbocycles. The van der Waals surface area contributed by atoms with Gasteiger partial charge in [-0.2, -0.15) is 0 Å². The molecule has 1 atom stereocenters. The van der Waals surface area contributed by atoms with Crippen molar-refractivity contribution in [1.29, 1.82) is 0 Å². The zero-order chi connectivity index (χ0) is 11.8. The molecule has 96 valence electrons. The second-order valence-electron chi connectivity index (χ2n) is 5.16. The molecule has 3 aliphatic rings. The van der Waals surface area contributed by atoms with Crippen LogP contribution in [0.3, 0.4) is 0 Å². The summed E-state index contributed by atoms with van der Waals surface area (Å²) in [5.41, 5.74) is 5.24.